The second-order valence-electron chi connectivity index (χ2n) is 4.30. The van der Waals surface area contributed by atoms with Crippen LogP contribution in [0.2, 0.25) is 0 Å². The molecule has 18 heavy (non-hydrogen) atoms. The third-order valence-corrected chi connectivity index (χ3v) is 2.74. The molecule has 0 rings (SSSR count). The van der Waals surface area contributed by atoms with Crippen LogP contribution >= 0.6 is 0 Å². The number of aliphatic carboxylic acids is 1. The number of carbonyl (C=O) groups is 1. The fraction of sp³-hybridized carbons (Fsp3) is 0.917. The van der Waals surface area contributed by atoms with Crippen molar-refractivity contribution in [1.82, 2.24) is 4.90 Å². The monoisotopic (exact) mass is 263 g/mol. The Morgan fingerprint density at radius 2 is 2.06 bits per heavy atom. The van der Waals surface area contributed by atoms with Gasteiger partial charge in [-0.3, -0.25) is 9.69 Å². The molecule has 6 heteroatoms. The lowest BCUT2D eigenvalue weighted by molar-refractivity contribution is -0.139. The first-order chi connectivity index (χ1) is 8.51. The lowest BCUT2D eigenvalue weighted by Crippen LogP contribution is -2.43. The molecule has 0 aliphatic rings. The van der Waals surface area contributed by atoms with Gasteiger partial charge in [0.1, 0.15) is 0 Å². The molecule has 0 fully saturated rings. The summed E-state index contributed by atoms with van der Waals surface area (Å²) in [6.45, 7) is 5.27. The van der Waals surface area contributed by atoms with E-state index in [4.69, 9.17) is 14.6 Å². The van der Waals surface area contributed by atoms with E-state index in [2.05, 4.69) is 0 Å². The zero-order valence-corrected chi connectivity index (χ0v) is 11.5. The highest BCUT2D eigenvalue weighted by Crippen LogP contribution is 2.04. The first-order valence-corrected chi connectivity index (χ1v) is 6.21. The van der Waals surface area contributed by atoms with E-state index in [0.29, 0.717) is 19.8 Å². The van der Waals surface area contributed by atoms with Crippen LogP contribution in [0.15, 0.2) is 0 Å². The molecule has 0 saturated carbocycles. The van der Waals surface area contributed by atoms with Crippen LogP contribution in [-0.4, -0.2) is 73.2 Å². The molecule has 0 saturated heterocycles. The Hall–Kier alpha value is -0.690. The third-order valence-electron chi connectivity index (χ3n) is 2.74. The van der Waals surface area contributed by atoms with Gasteiger partial charge in [-0.2, -0.15) is 0 Å². The Morgan fingerprint density at radius 3 is 2.56 bits per heavy atom. The molecule has 0 radical (unpaired) electrons. The predicted molar refractivity (Wildman–Crippen MR) is 67.7 cm³/mol. The number of nitrogens with zero attached hydrogens (tertiary/aromatic N) is 1. The van der Waals surface area contributed by atoms with E-state index in [1.165, 1.54) is 0 Å². The van der Waals surface area contributed by atoms with Gasteiger partial charge in [0.15, 0.2) is 0 Å². The van der Waals surface area contributed by atoms with Crippen molar-refractivity contribution in [2.75, 3.05) is 40.0 Å². The molecular formula is C12H25NO5. The third kappa shape index (κ3) is 8.41. The fourth-order valence-corrected chi connectivity index (χ4v) is 1.52. The minimum absolute atomic E-state index is 0.0653. The Kier molecular flexibility index (Phi) is 9.86. The molecule has 2 N–H and O–H groups in total. The van der Waals surface area contributed by atoms with Crippen LogP contribution in [0.1, 0.15) is 20.3 Å². The first-order valence-electron chi connectivity index (χ1n) is 6.21. The molecule has 2 atom stereocenters. The second kappa shape index (κ2) is 10.3. The minimum atomic E-state index is -0.886. The van der Waals surface area contributed by atoms with E-state index >= 15 is 0 Å². The van der Waals surface area contributed by atoms with Gasteiger partial charge in [0.05, 0.1) is 32.5 Å². The molecule has 6 nitrogen and oxygen atoms in total. The zero-order valence-electron chi connectivity index (χ0n) is 11.5. The summed E-state index contributed by atoms with van der Waals surface area (Å²) in [7, 11) is 1.58. The highest BCUT2D eigenvalue weighted by atomic mass is 16.5. The average molecular weight is 263 g/mol. The predicted octanol–water partition coefficient (Wildman–Crippen LogP) is 0.195. The van der Waals surface area contributed by atoms with Crippen molar-refractivity contribution in [1.29, 1.82) is 0 Å². The maximum Gasteiger partial charge on any atom is 0.317 e. The van der Waals surface area contributed by atoms with E-state index in [1.54, 1.807) is 12.0 Å². The van der Waals surface area contributed by atoms with E-state index in [-0.39, 0.29) is 19.2 Å². The number of carboxylic acids is 1. The summed E-state index contributed by atoms with van der Waals surface area (Å²) in [4.78, 5) is 12.5. The minimum Gasteiger partial charge on any atom is -0.480 e. The molecule has 108 valence electrons. The van der Waals surface area contributed by atoms with Crippen molar-refractivity contribution in [3.63, 3.8) is 0 Å². The SMILES string of the molecule is CCC(C)N(CC(=O)O)CC(O)COCCOC. The van der Waals surface area contributed by atoms with Crippen molar-refractivity contribution in [3.05, 3.63) is 0 Å². The van der Waals surface area contributed by atoms with Gasteiger partial charge >= 0.3 is 5.97 Å². The summed E-state index contributed by atoms with van der Waals surface area (Å²) in [5.41, 5.74) is 0. The highest BCUT2D eigenvalue weighted by Gasteiger charge is 2.19. The van der Waals surface area contributed by atoms with Crippen LogP contribution in [-0.2, 0) is 14.3 Å². The fourth-order valence-electron chi connectivity index (χ4n) is 1.52. The summed E-state index contributed by atoms with van der Waals surface area (Å²) in [6.07, 6.45) is 0.153. The quantitative estimate of drug-likeness (QED) is 0.518. The van der Waals surface area contributed by atoms with Gasteiger partial charge in [-0.05, 0) is 13.3 Å². The van der Waals surface area contributed by atoms with Crippen molar-refractivity contribution in [2.24, 2.45) is 0 Å². The summed E-state index contributed by atoms with van der Waals surface area (Å²) in [6, 6.07) is 0.120. The average Bonchev–Trinajstić information content (AvgIpc) is 2.32. The number of carboxylic acid groups (broad SMARTS) is 1. The molecule has 0 amide bonds. The number of hydrogen-bond donors (Lipinski definition) is 2. The Morgan fingerprint density at radius 1 is 1.39 bits per heavy atom. The lowest BCUT2D eigenvalue weighted by Gasteiger charge is -2.28. The number of hydrogen-bond acceptors (Lipinski definition) is 5. The summed E-state index contributed by atoms with van der Waals surface area (Å²) in [5, 5.41) is 18.6. The van der Waals surface area contributed by atoms with E-state index < -0.39 is 12.1 Å². The first kappa shape index (κ1) is 17.3. The maximum absolute atomic E-state index is 10.7. The van der Waals surface area contributed by atoms with Crippen molar-refractivity contribution in [2.45, 2.75) is 32.4 Å². The van der Waals surface area contributed by atoms with E-state index in [1.807, 2.05) is 13.8 Å². The van der Waals surface area contributed by atoms with Gasteiger partial charge in [0.25, 0.3) is 0 Å². The van der Waals surface area contributed by atoms with Crippen LogP contribution in [0.5, 0.6) is 0 Å². The number of ether oxygens (including phenoxy) is 2. The summed E-state index contributed by atoms with van der Waals surface area (Å²) < 4.78 is 10.0. The molecule has 0 spiro atoms. The maximum atomic E-state index is 10.7. The Labute approximate surface area is 108 Å². The molecule has 0 aromatic heterocycles. The normalized spacial score (nSPS) is 14.7. The van der Waals surface area contributed by atoms with E-state index in [9.17, 15) is 9.90 Å². The van der Waals surface area contributed by atoms with Gasteiger partial charge in [-0.1, -0.05) is 6.92 Å². The topological polar surface area (TPSA) is 79.2 Å². The second-order valence-corrected chi connectivity index (χ2v) is 4.30. The van der Waals surface area contributed by atoms with Gasteiger partial charge in [0.2, 0.25) is 0 Å². The number of aliphatic hydroxyl groups is 1. The largest absolute Gasteiger partial charge is 0.480 e. The molecule has 0 heterocycles. The Balaban J connectivity index is 4.01. The Bertz CT molecular complexity index is 225. The number of methoxy groups -OCH3 is 1. The lowest BCUT2D eigenvalue weighted by atomic mass is 10.2. The molecule has 2 unspecified atom stereocenters. The van der Waals surface area contributed by atoms with Gasteiger partial charge in [0, 0.05) is 19.7 Å². The van der Waals surface area contributed by atoms with Crippen molar-refractivity contribution >= 4 is 5.97 Å². The van der Waals surface area contributed by atoms with Crippen molar-refractivity contribution in [3.8, 4) is 0 Å². The number of aliphatic hydroxyl groups excluding tert-OH is 1. The molecule has 0 aromatic rings. The zero-order chi connectivity index (χ0) is 14.0. The van der Waals surface area contributed by atoms with Crippen LogP contribution in [0, 0.1) is 0 Å². The molecule has 0 aromatic carbocycles. The van der Waals surface area contributed by atoms with Crippen LogP contribution in [0.25, 0.3) is 0 Å². The van der Waals surface area contributed by atoms with Gasteiger partial charge in [-0.25, -0.2) is 0 Å². The van der Waals surface area contributed by atoms with E-state index in [0.717, 1.165) is 6.42 Å². The molecule has 0 aliphatic carbocycles. The standard InChI is InChI=1S/C12H25NO5/c1-4-10(2)13(8-12(15)16)7-11(14)9-18-6-5-17-3/h10-11,14H,4-9H2,1-3H3,(H,15,16). The van der Waals surface area contributed by atoms with Crippen molar-refractivity contribution < 1.29 is 24.5 Å². The summed E-state index contributed by atoms with van der Waals surface area (Å²) in [5.74, 6) is -0.886. The number of rotatable bonds is 11. The van der Waals surface area contributed by atoms with Gasteiger partial charge in [-0.15, -0.1) is 0 Å². The molecule has 0 bridgehead atoms. The summed E-state index contributed by atoms with van der Waals surface area (Å²) >= 11 is 0. The van der Waals surface area contributed by atoms with Crippen LogP contribution in [0.3, 0.4) is 0 Å². The highest BCUT2D eigenvalue weighted by molar-refractivity contribution is 5.69. The molecule has 0 aliphatic heterocycles. The van der Waals surface area contributed by atoms with Gasteiger partial charge < -0.3 is 19.7 Å². The molecular weight excluding hydrogens is 238 g/mol. The van der Waals surface area contributed by atoms with Crippen LogP contribution < -0.4 is 0 Å². The van der Waals surface area contributed by atoms with Crippen LogP contribution in [0.4, 0.5) is 0 Å². The smallest absolute Gasteiger partial charge is 0.317 e.